The molecule has 2 aromatic rings. The summed E-state index contributed by atoms with van der Waals surface area (Å²) < 4.78 is 22.5. The smallest absolute Gasteiger partial charge is 0.272 e. The summed E-state index contributed by atoms with van der Waals surface area (Å²) in [5.41, 5.74) is 2.25. The van der Waals surface area contributed by atoms with Crippen LogP contribution in [0.4, 0.5) is 0 Å². The van der Waals surface area contributed by atoms with Crippen LogP contribution in [0.5, 0.6) is 0 Å². The standard InChI is InChI=1S/C12H15N5O3S2/c13-22(19,20)10-2-1-7(21-10)5-15-12(18)11-8-6-14-4-3-9(8)16-17-11/h1-2,14H,3-6H2,(H,15,18)(H,16,17)(H2,13,19,20). The molecule has 0 aromatic carbocycles. The Morgan fingerprint density at radius 1 is 1.45 bits per heavy atom. The quantitative estimate of drug-likeness (QED) is 0.606. The average molecular weight is 341 g/mol. The second-order valence-corrected chi connectivity index (χ2v) is 7.86. The highest BCUT2D eigenvalue weighted by molar-refractivity contribution is 7.91. The third kappa shape index (κ3) is 3.04. The van der Waals surface area contributed by atoms with Gasteiger partial charge in [-0.05, 0) is 12.1 Å². The Bertz CT molecular complexity index is 809. The van der Waals surface area contributed by atoms with Gasteiger partial charge in [-0.1, -0.05) is 0 Å². The van der Waals surface area contributed by atoms with Gasteiger partial charge in [0.05, 0.1) is 6.54 Å². The minimum absolute atomic E-state index is 0.0816. The van der Waals surface area contributed by atoms with Crippen molar-refractivity contribution >= 4 is 27.3 Å². The van der Waals surface area contributed by atoms with Gasteiger partial charge in [0.25, 0.3) is 5.91 Å². The SMILES string of the molecule is NS(=O)(=O)c1ccc(CNC(=O)c2n[nH]c3c2CNCC3)s1. The number of nitrogens with two attached hydrogens (primary N) is 1. The van der Waals surface area contributed by atoms with E-state index in [9.17, 15) is 13.2 Å². The fraction of sp³-hybridized carbons (Fsp3) is 0.333. The molecule has 0 saturated carbocycles. The number of thiophene rings is 1. The number of nitrogens with zero attached hydrogens (tertiary/aromatic N) is 1. The topological polar surface area (TPSA) is 130 Å². The number of fused-ring (bicyclic) bond motifs is 1. The molecule has 0 aliphatic carbocycles. The molecule has 0 spiro atoms. The number of rotatable bonds is 4. The van der Waals surface area contributed by atoms with Crippen LogP contribution in [-0.2, 0) is 29.5 Å². The molecule has 2 aromatic heterocycles. The molecule has 0 atom stereocenters. The number of H-pyrrole nitrogens is 1. The summed E-state index contributed by atoms with van der Waals surface area (Å²) in [6.45, 7) is 1.71. The molecule has 1 aliphatic rings. The zero-order valence-corrected chi connectivity index (χ0v) is 13.2. The van der Waals surface area contributed by atoms with Gasteiger partial charge in [0.1, 0.15) is 4.21 Å². The van der Waals surface area contributed by atoms with Gasteiger partial charge < -0.3 is 10.6 Å². The average Bonchev–Trinajstić information content (AvgIpc) is 3.11. The molecule has 8 nitrogen and oxygen atoms in total. The maximum absolute atomic E-state index is 12.2. The summed E-state index contributed by atoms with van der Waals surface area (Å²) in [6, 6.07) is 3.06. The monoisotopic (exact) mass is 341 g/mol. The largest absolute Gasteiger partial charge is 0.346 e. The highest BCUT2D eigenvalue weighted by atomic mass is 32.2. The van der Waals surface area contributed by atoms with Crippen molar-refractivity contribution in [1.29, 1.82) is 0 Å². The molecule has 5 N–H and O–H groups in total. The summed E-state index contributed by atoms with van der Waals surface area (Å²) in [5, 5.41) is 17.9. The zero-order valence-electron chi connectivity index (χ0n) is 11.5. The lowest BCUT2D eigenvalue weighted by Crippen LogP contribution is -2.28. The van der Waals surface area contributed by atoms with Gasteiger partial charge in [-0.3, -0.25) is 9.89 Å². The lowest BCUT2D eigenvalue weighted by atomic mass is 10.1. The van der Waals surface area contributed by atoms with E-state index in [4.69, 9.17) is 5.14 Å². The number of aromatic amines is 1. The van der Waals surface area contributed by atoms with Crippen LogP contribution in [0, 0.1) is 0 Å². The minimum atomic E-state index is -3.70. The van der Waals surface area contributed by atoms with Crippen LogP contribution in [0.2, 0.25) is 0 Å². The molecule has 1 amide bonds. The van der Waals surface area contributed by atoms with E-state index in [1.807, 2.05) is 0 Å². The lowest BCUT2D eigenvalue weighted by molar-refractivity contribution is 0.0945. The first-order valence-corrected chi connectivity index (χ1v) is 8.98. The summed E-state index contributed by atoms with van der Waals surface area (Å²) in [5.74, 6) is -0.285. The number of hydrogen-bond donors (Lipinski definition) is 4. The van der Waals surface area contributed by atoms with Gasteiger partial charge in [-0.2, -0.15) is 5.10 Å². The van der Waals surface area contributed by atoms with E-state index < -0.39 is 10.0 Å². The van der Waals surface area contributed by atoms with Crippen LogP contribution in [0.25, 0.3) is 0 Å². The van der Waals surface area contributed by atoms with Crippen LogP contribution >= 0.6 is 11.3 Å². The number of primary sulfonamides is 1. The second kappa shape index (κ2) is 5.80. The molecule has 22 heavy (non-hydrogen) atoms. The Hall–Kier alpha value is -1.75. The van der Waals surface area contributed by atoms with Crippen molar-refractivity contribution < 1.29 is 13.2 Å². The van der Waals surface area contributed by atoms with E-state index in [0.29, 0.717) is 17.1 Å². The summed E-state index contributed by atoms with van der Waals surface area (Å²) in [4.78, 5) is 12.9. The molecular weight excluding hydrogens is 326 g/mol. The number of carbonyl (C=O) groups excluding carboxylic acids is 1. The molecule has 1 aliphatic heterocycles. The van der Waals surface area contributed by atoms with E-state index in [-0.39, 0.29) is 16.7 Å². The predicted octanol–water partition coefficient (Wildman–Crippen LogP) is -0.306. The summed E-state index contributed by atoms with van der Waals surface area (Å²) >= 11 is 1.04. The molecule has 0 fully saturated rings. The number of carbonyl (C=O) groups is 1. The zero-order chi connectivity index (χ0) is 15.7. The Labute approximate surface area is 131 Å². The van der Waals surface area contributed by atoms with Crippen molar-refractivity contribution in [2.75, 3.05) is 6.54 Å². The Balaban J connectivity index is 1.68. The third-order valence-corrected chi connectivity index (χ3v) is 5.89. The number of amides is 1. The fourth-order valence-corrected chi connectivity index (χ4v) is 3.99. The van der Waals surface area contributed by atoms with Crippen LogP contribution in [0.3, 0.4) is 0 Å². The van der Waals surface area contributed by atoms with Gasteiger partial charge in [-0.15, -0.1) is 11.3 Å². The Kier molecular flexibility index (Phi) is 4.00. The molecule has 0 saturated heterocycles. The van der Waals surface area contributed by atoms with Gasteiger partial charge in [0.15, 0.2) is 5.69 Å². The molecular formula is C12H15N5O3S2. The molecule has 0 unspecified atom stereocenters. The molecule has 3 heterocycles. The maximum Gasteiger partial charge on any atom is 0.272 e. The predicted molar refractivity (Wildman–Crippen MR) is 80.9 cm³/mol. The van der Waals surface area contributed by atoms with Gasteiger partial charge >= 0.3 is 0 Å². The van der Waals surface area contributed by atoms with E-state index in [0.717, 1.165) is 35.6 Å². The van der Waals surface area contributed by atoms with Crippen molar-refractivity contribution in [3.63, 3.8) is 0 Å². The Morgan fingerprint density at radius 3 is 3.00 bits per heavy atom. The third-order valence-electron chi connectivity index (χ3n) is 3.36. The molecule has 0 bridgehead atoms. The van der Waals surface area contributed by atoms with Gasteiger partial charge in [-0.25, -0.2) is 13.6 Å². The van der Waals surface area contributed by atoms with E-state index >= 15 is 0 Å². The van der Waals surface area contributed by atoms with Crippen molar-refractivity contribution in [2.24, 2.45) is 5.14 Å². The van der Waals surface area contributed by atoms with Crippen LogP contribution in [0.1, 0.15) is 26.6 Å². The van der Waals surface area contributed by atoms with Crippen molar-refractivity contribution in [2.45, 2.75) is 23.7 Å². The van der Waals surface area contributed by atoms with Crippen molar-refractivity contribution in [1.82, 2.24) is 20.8 Å². The first kappa shape index (κ1) is 15.2. The summed E-state index contributed by atoms with van der Waals surface area (Å²) in [7, 11) is -3.70. The highest BCUT2D eigenvalue weighted by Crippen LogP contribution is 2.20. The van der Waals surface area contributed by atoms with Crippen LogP contribution in [0.15, 0.2) is 16.3 Å². The highest BCUT2D eigenvalue weighted by Gasteiger charge is 2.21. The first-order valence-electron chi connectivity index (χ1n) is 6.61. The van der Waals surface area contributed by atoms with Gasteiger partial charge in [0, 0.05) is 35.6 Å². The van der Waals surface area contributed by atoms with E-state index in [1.165, 1.54) is 6.07 Å². The normalized spacial score (nSPS) is 14.6. The number of nitrogens with one attached hydrogen (secondary N) is 3. The molecule has 3 rings (SSSR count). The van der Waals surface area contributed by atoms with E-state index in [2.05, 4.69) is 20.8 Å². The number of aromatic nitrogens is 2. The summed E-state index contributed by atoms with van der Waals surface area (Å²) in [6.07, 6.45) is 0.818. The van der Waals surface area contributed by atoms with Crippen molar-refractivity contribution in [3.05, 3.63) is 34.0 Å². The first-order chi connectivity index (χ1) is 10.4. The second-order valence-electron chi connectivity index (χ2n) is 4.90. The molecule has 118 valence electrons. The molecule has 0 radical (unpaired) electrons. The van der Waals surface area contributed by atoms with Crippen molar-refractivity contribution in [3.8, 4) is 0 Å². The minimum Gasteiger partial charge on any atom is -0.346 e. The van der Waals surface area contributed by atoms with Gasteiger partial charge in [0.2, 0.25) is 10.0 Å². The number of sulfonamides is 1. The lowest BCUT2D eigenvalue weighted by Gasteiger charge is -2.12. The maximum atomic E-state index is 12.2. The molecule has 10 heteroatoms. The Morgan fingerprint density at radius 2 is 2.27 bits per heavy atom. The van der Waals surface area contributed by atoms with E-state index in [1.54, 1.807) is 6.07 Å². The van der Waals surface area contributed by atoms with Crippen LogP contribution in [-0.4, -0.2) is 31.1 Å². The fourth-order valence-electron chi connectivity index (χ4n) is 2.27. The number of hydrogen-bond acceptors (Lipinski definition) is 6. The van der Waals surface area contributed by atoms with Crippen LogP contribution < -0.4 is 15.8 Å².